The van der Waals surface area contributed by atoms with Crippen LogP contribution in [0.15, 0.2) is 40.8 Å². The smallest absolute Gasteiger partial charge is 0.347 e. The molecule has 0 bridgehead atoms. The van der Waals surface area contributed by atoms with Crippen LogP contribution in [0.5, 0.6) is 0 Å². The van der Waals surface area contributed by atoms with Gasteiger partial charge in [0.1, 0.15) is 6.54 Å². The van der Waals surface area contributed by atoms with Crippen LogP contribution in [-0.2, 0) is 11.3 Å². The van der Waals surface area contributed by atoms with E-state index in [4.69, 9.17) is 0 Å². The Balaban J connectivity index is 1.94. The van der Waals surface area contributed by atoms with Crippen LogP contribution in [0, 0.1) is 0 Å². The number of rotatable bonds is 6. The van der Waals surface area contributed by atoms with Gasteiger partial charge in [-0.1, -0.05) is 6.07 Å². The molecule has 2 aromatic heterocycles. The molecule has 0 aromatic carbocycles. The first-order valence-corrected chi connectivity index (χ1v) is 7.44. The average molecular weight is 306 g/mol. The summed E-state index contributed by atoms with van der Waals surface area (Å²) in [6.45, 7) is 0.485. The molecule has 0 aliphatic heterocycles. The lowest BCUT2D eigenvalue weighted by atomic mass is 10.2. The molecule has 112 valence electrons. The monoisotopic (exact) mass is 306 g/mol. The fraction of sp³-hybridized carbons (Fsp3) is 0.357. The summed E-state index contributed by atoms with van der Waals surface area (Å²) in [5.74, 6) is -0.200. The van der Waals surface area contributed by atoms with Gasteiger partial charge in [0.15, 0.2) is 0 Å². The number of hydrogen-bond acceptors (Lipinski definition) is 5. The molecule has 0 aliphatic carbocycles. The molecule has 0 saturated carbocycles. The zero-order valence-electron chi connectivity index (χ0n) is 12.0. The van der Waals surface area contributed by atoms with Crippen molar-refractivity contribution in [3.63, 3.8) is 0 Å². The molecule has 2 heterocycles. The maximum absolute atomic E-state index is 11.9. The van der Waals surface area contributed by atoms with Crippen molar-refractivity contribution in [1.82, 2.24) is 19.8 Å². The van der Waals surface area contributed by atoms with Crippen molar-refractivity contribution in [2.24, 2.45) is 0 Å². The zero-order chi connectivity index (χ0) is 15.2. The summed E-state index contributed by atoms with van der Waals surface area (Å²) in [5, 5.41) is 4.88. The van der Waals surface area contributed by atoms with Crippen molar-refractivity contribution in [1.29, 1.82) is 0 Å². The van der Waals surface area contributed by atoms with E-state index in [0.29, 0.717) is 6.54 Å². The van der Waals surface area contributed by atoms with Gasteiger partial charge in [0.05, 0.1) is 6.04 Å². The second-order valence-electron chi connectivity index (χ2n) is 4.83. The van der Waals surface area contributed by atoms with E-state index in [1.54, 1.807) is 23.6 Å². The van der Waals surface area contributed by atoms with Crippen molar-refractivity contribution >= 4 is 17.2 Å². The Kier molecular flexibility index (Phi) is 5.24. The molecule has 7 heteroatoms. The van der Waals surface area contributed by atoms with Gasteiger partial charge in [-0.25, -0.2) is 9.78 Å². The number of nitrogens with zero attached hydrogens (tertiary/aromatic N) is 3. The van der Waals surface area contributed by atoms with Crippen LogP contribution in [0.1, 0.15) is 10.9 Å². The Bertz CT molecular complexity index is 636. The highest BCUT2D eigenvalue weighted by Gasteiger charge is 2.16. The maximum atomic E-state index is 11.9. The number of thiophene rings is 1. The minimum Gasteiger partial charge on any atom is -0.353 e. The van der Waals surface area contributed by atoms with Gasteiger partial charge in [0.25, 0.3) is 0 Å². The first-order valence-electron chi connectivity index (χ1n) is 6.56. The van der Waals surface area contributed by atoms with Crippen molar-refractivity contribution in [2.75, 3.05) is 20.6 Å². The lowest BCUT2D eigenvalue weighted by molar-refractivity contribution is -0.121. The normalized spacial score (nSPS) is 12.3. The van der Waals surface area contributed by atoms with Gasteiger partial charge in [0, 0.05) is 23.8 Å². The molecule has 1 unspecified atom stereocenters. The summed E-state index contributed by atoms with van der Waals surface area (Å²) < 4.78 is 1.28. The predicted molar refractivity (Wildman–Crippen MR) is 82.3 cm³/mol. The van der Waals surface area contributed by atoms with E-state index in [-0.39, 0.29) is 18.5 Å². The molecular weight excluding hydrogens is 288 g/mol. The van der Waals surface area contributed by atoms with E-state index in [9.17, 15) is 9.59 Å². The third-order valence-electron chi connectivity index (χ3n) is 3.08. The van der Waals surface area contributed by atoms with E-state index in [1.807, 2.05) is 31.6 Å². The summed E-state index contributed by atoms with van der Waals surface area (Å²) in [6.07, 6.45) is 2.97. The molecule has 1 atom stereocenters. The molecular formula is C14H18N4O2S. The zero-order valence-corrected chi connectivity index (χ0v) is 12.8. The van der Waals surface area contributed by atoms with E-state index in [1.165, 1.54) is 15.6 Å². The molecule has 21 heavy (non-hydrogen) atoms. The van der Waals surface area contributed by atoms with E-state index >= 15 is 0 Å². The number of likely N-dealkylation sites (N-methyl/N-ethyl adjacent to an activating group) is 1. The summed E-state index contributed by atoms with van der Waals surface area (Å²) in [6, 6.07) is 5.79. The van der Waals surface area contributed by atoms with Crippen LogP contribution in [-0.4, -0.2) is 41.0 Å². The highest BCUT2D eigenvalue weighted by molar-refractivity contribution is 7.10. The first-order chi connectivity index (χ1) is 10.1. The fourth-order valence-corrected chi connectivity index (χ4v) is 2.87. The van der Waals surface area contributed by atoms with Gasteiger partial charge < -0.3 is 10.2 Å². The Morgan fingerprint density at radius 3 is 2.90 bits per heavy atom. The van der Waals surface area contributed by atoms with Crippen molar-refractivity contribution in [2.45, 2.75) is 12.6 Å². The average Bonchev–Trinajstić information content (AvgIpc) is 2.95. The Morgan fingerprint density at radius 2 is 2.29 bits per heavy atom. The SMILES string of the molecule is CN(C)C(CNC(=O)Cn1cccnc1=O)c1cccs1. The second kappa shape index (κ2) is 7.14. The third-order valence-corrected chi connectivity index (χ3v) is 4.06. The molecule has 0 spiro atoms. The maximum Gasteiger partial charge on any atom is 0.347 e. The lowest BCUT2D eigenvalue weighted by Gasteiger charge is -2.23. The van der Waals surface area contributed by atoms with Crippen LogP contribution in [0.3, 0.4) is 0 Å². The lowest BCUT2D eigenvalue weighted by Crippen LogP contribution is -2.37. The molecule has 0 saturated heterocycles. The Labute approximate surface area is 127 Å². The van der Waals surface area contributed by atoms with Gasteiger partial charge in [-0.2, -0.15) is 0 Å². The van der Waals surface area contributed by atoms with Gasteiger partial charge >= 0.3 is 5.69 Å². The molecule has 2 rings (SSSR count). The van der Waals surface area contributed by atoms with Gasteiger partial charge in [-0.15, -0.1) is 11.3 Å². The van der Waals surface area contributed by atoms with E-state index in [2.05, 4.69) is 15.2 Å². The summed E-state index contributed by atoms with van der Waals surface area (Å²) in [7, 11) is 3.95. The molecule has 0 fully saturated rings. The van der Waals surface area contributed by atoms with Crippen LogP contribution in [0.2, 0.25) is 0 Å². The van der Waals surface area contributed by atoms with Crippen molar-refractivity contribution in [3.05, 3.63) is 51.3 Å². The molecule has 1 amide bonds. The first kappa shape index (κ1) is 15.4. The topological polar surface area (TPSA) is 67.2 Å². The number of aromatic nitrogens is 2. The van der Waals surface area contributed by atoms with Crippen molar-refractivity contribution in [3.8, 4) is 0 Å². The highest BCUT2D eigenvalue weighted by Crippen LogP contribution is 2.22. The Hall–Kier alpha value is -1.99. The minimum atomic E-state index is -0.421. The molecule has 2 aromatic rings. The number of hydrogen-bond donors (Lipinski definition) is 1. The second-order valence-corrected chi connectivity index (χ2v) is 5.81. The van der Waals surface area contributed by atoms with Gasteiger partial charge in [-0.3, -0.25) is 9.36 Å². The van der Waals surface area contributed by atoms with Gasteiger partial charge in [0.2, 0.25) is 5.91 Å². The van der Waals surface area contributed by atoms with Crippen LogP contribution in [0.25, 0.3) is 0 Å². The predicted octanol–water partition coefficient (Wildman–Crippen LogP) is 0.724. The minimum absolute atomic E-state index is 0.0166. The molecule has 1 N–H and O–H groups in total. The number of amides is 1. The van der Waals surface area contributed by atoms with Crippen LogP contribution < -0.4 is 11.0 Å². The van der Waals surface area contributed by atoms with E-state index in [0.717, 1.165) is 0 Å². The largest absolute Gasteiger partial charge is 0.353 e. The Morgan fingerprint density at radius 1 is 1.48 bits per heavy atom. The standard InChI is InChI=1S/C14H18N4O2S/c1-17(2)11(12-5-3-8-21-12)9-16-13(19)10-18-7-4-6-15-14(18)20/h3-8,11H,9-10H2,1-2H3,(H,16,19). The van der Waals surface area contributed by atoms with E-state index < -0.39 is 5.69 Å². The quantitative estimate of drug-likeness (QED) is 0.854. The van der Waals surface area contributed by atoms with Gasteiger partial charge in [-0.05, 0) is 31.6 Å². The summed E-state index contributed by atoms with van der Waals surface area (Å²) in [5.41, 5.74) is -0.421. The summed E-state index contributed by atoms with van der Waals surface area (Å²) >= 11 is 1.66. The molecule has 6 nitrogen and oxygen atoms in total. The van der Waals surface area contributed by atoms with Crippen LogP contribution >= 0.6 is 11.3 Å². The fourth-order valence-electron chi connectivity index (χ4n) is 1.95. The molecule has 0 radical (unpaired) electrons. The number of carbonyl (C=O) groups excluding carboxylic acids is 1. The highest BCUT2D eigenvalue weighted by atomic mass is 32.1. The third kappa shape index (κ3) is 4.24. The molecule has 0 aliphatic rings. The van der Waals surface area contributed by atoms with Crippen LogP contribution in [0.4, 0.5) is 0 Å². The summed E-state index contributed by atoms with van der Waals surface area (Å²) in [4.78, 5) is 30.3. The van der Waals surface area contributed by atoms with Crippen molar-refractivity contribution < 1.29 is 4.79 Å². The number of carbonyl (C=O) groups is 1. The number of nitrogens with one attached hydrogen (secondary N) is 1.